The van der Waals surface area contributed by atoms with Crippen molar-refractivity contribution < 1.29 is 13.2 Å². The van der Waals surface area contributed by atoms with Crippen LogP contribution in [0, 0.1) is 17.5 Å². The second kappa shape index (κ2) is 4.88. The summed E-state index contributed by atoms with van der Waals surface area (Å²) in [5.41, 5.74) is 1.63. The summed E-state index contributed by atoms with van der Waals surface area (Å²) >= 11 is 0. The van der Waals surface area contributed by atoms with Gasteiger partial charge in [-0.15, -0.1) is 0 Å². The average molecular weight is 277 g/mol. The first kappa shape index (κ1) is 12.5. The van der Waals surface area contributed by atoms with E-state index in [1.54, 1.807) is 18.3 Å². The molecule has 0 aliphatic heterocycles. The number of hydrogen-bond donors (Lipinski definition) is 2. The van der Waals surface area contributed by atoms with Gasteiger partial charge in [-0.3, -0.25) is 5.10 Å². The van der Waals surface area contributed by atoms with Gasteiger partial charge in [0, 0.05) is 29.2 Å². The number of hydrogen-bond acceptors (Lipinski definition) is 2. The second-order valence-electron chi connectivity index (χ2n) is 4.38. The summed E-state index contributed by atoms with van der Waals surface area (Å²) in [5, 5.41) is 10.6. The van der Waals surface area contributed by atoms with Crippen LogP contribution in [-0.2, 0) is 6.54 Å². The van der Waals surface area contributed by atoms with Crippen LogP contribution in [0.3, 0.4) is 0 Å². The predicted octanol–water partition coefficient (Wildman–Crippen LogP) is 3.59. The first-order valence-corrected chi connectivity index (χ1v) is 5.94. The number of rotatable bonds is 3. The number of fused-ring (bicyclic) bond motifs is 1. The Morgan fingerprint density at radius 2 is 1.80 bits per heavy atom. The number of aromatic nitrogens is 2. The van der Waals surface area contributed by atoms with Gasteiger partial charge in [0.15, 0.2) is 11.6 Å². The Morgan fingerprint density at radius 3 is 2.65 bits per heavy atom. The van der Waals surface area contributed by atoms with Gasteiger partial charge in [0.05, 0.1) is 11.7 Å². The monoisotopic (exact) mass is 277 g/mol. The number of anilines is 1. The van der Waals surface area contributed by atoms with Gasteiger partial charge in [0.2, 0.25) is 0 Å². The van der Waals surface area contributed by atoms with Gasteiger partial charge in [0.25, 0.3) is 0 Å². The normalized spacial score (nSPS) is 10.9. The highest BCUT2D eigenvalue weighted by molar-refractivity contribution is 5.81. The van der Waals surface area contributed by atoms with Crippen LogP contribution in [0.15, 0.2) is 36.5 Å². The lowest BCUT2D eigenvalue weighted by molar-refractivity contribution is 0.490. The van der Waals surface area contributed by atoms with Gasteiger partial charge in [-0.25, -0.2) is 13.2 Å². The Bertz CT molecular complexity index is 767. The molecule has 2 aromatic carbocycles. The maximum atomic E-state index is 13.5. The van der Waals surface area contributed by atoms with E-state index in [1.807, 2.05) is 6.07 Å². The summed E-state index contributed by atoms with van der Waals surface area (Å²) in [6.07, 6.45) is 1.69. The molecule has 3 aromatic rings. The van der Waals surface area contributed by atoms with Crippen LogP contribution < -0.4 is 5.32 Å². The van der Waals surface area contributed by atoms with Crippen molar-refractivity contribution in [1.29, 1.82) is 0 Å². The van der Waals surface area contributed by atoms with Gasteiger partial charge in [-0.2, -0.15) is 5.10 Å². The molecule has 0 aliphatic carbocycles. The molecular formula is C14H10F3N3. The average Bonchev–Trinajstić information content (AvgIpc) is 2.89. The van der Waals surface area contributed by atoms with Gasteiger partial charge < -0.3 is 5.32 Å². The van der Waals surface area contributed by atoms with E-state index >= 15 is 0 Å². The third-order valence-corrected chi connectivity index (χ3v) is 3.01. The maximum absolute atomic E-state index is 13.5. The molecule has 3 rings (SSSR count). The van der Waals surface area contributed by atoms with Crippen LogP contribution in [0.5, 0.6) is 0 Å². The van der Waals surface area contributed by atoms with Crippen molar-refractivity contribution >= 4 is 16.6 Å². The number of aromatic amines is 1. The summed E-state index contributed by atoms with van der Waals surface area (Å²) in [6, 6.07) is 6.86. The Kier molecular flexibility index (Phi) is 3.06. The Balaban J connectivity index is 1.80. The Labute approximate surface area is 112 Å². The topological polar surface area (TPSA) is 40.7 Å². The molecule has 0 aliphatic rings. The molecule has 3 nitrogen and oxygen atoms in total. The van der Waals surface area contributed by atoms with E-state index in [4.69, 9.17) is 0 Å². The summed E-state index contributed by atoms with van der Waals surface area (Å²) in [4.78, 5) is 0. The number of nitrogens with zero attached hydrogens (tertiary/aromatic N) is 1. The van der Waals surface area contributed by atoms with Crippen molar-refractivity contribution in [2.24, 2.45) is 0 Å². The third-order valence-electron chi connectivity index (χ3n) is 3.01. The van der Waals surface area contributed by atoms with Crippen LogP contribution in [-0.4, -0.2) is 10.2 Å². The molecule has 0 spiro atoms. The van der Waals surface area contributed by atoms with Gasteiger partial charge >= 0.3 is 0 Å². The van der Waals surface area contributed by atoms with Crippen molar-refractivity contribution in [1.82, 2.24) is 10.2 Å². The van der Waals surface area contributed by atoms with Gasteiger partial charge in [0.1, 0.15) is 5.82 Å². The van der Waals surface area contributed by atoms with Gasteiger partial charge in [-0.05, 0) is 24.3 Å². The first-order valence-electron chi connectivity index (χ1n) is 5.94. The molecule has 0 saturated carbocycles. The fourth-order valence-corrected chi connectivity index (χ4v) is 1.94. The lowest BCUT2D eigenvalue weighted by atomic mass is 10.2. The minimum Gasteiger partial charge on any atom is -0.381 e. The predicted molar refractivity (Wildman–Crippen MR) is 69.7 cm³/mol. The standard InChI is InChI=1S/C14H10F3N3/c15-11-5-13(17)12(16)3-9(11)6-18-10-2-1-8-7-19-20-14(8)4-10/h1-5,7,18H,6H2,(H,19,20). The minimum atomic E-state index is -1.19. The smallest absolute Gasteiger partial charge is 0.161 e. The van der Waals surface area contributed by atoms with Crippen molar-refractivity contribution in [3.05, 3.63) is 59.5 Å². The molecule has 1 heterocycles. The molecule has 6 heteroatoms. The molecule has 102 valence electrons. The lowest BCUT2D eigenvalue weighted by Crippen LogP contribution is -2.03. The van der Waals surface area contributed by atoms with E-state index in [1.165, 1.54) is 0 Å². The molecule has 0 atom stereocenters. The van der Waals surface area contributed by atoms with E-state index < -0.39 is 17.5 Å². The van der Waals surface area contributed by atoms with E-state index in [2.05, 4.69) is 15.5 Å². The summed E-state index contributed by atoms with van der Waals surface area (Å²) < 4.78 is 39.4. The SMILES string of the molecule is Fc1cc(F)c(CNc2ccc3cn[nH]c3c2)cc1F. The molecule has 0 saturated heterocycles. The molecular weight excluding hydrogens is 267 g/mol. The summed E-state index contributed by atoms with van der Waals surface area (Å²) in [7, 11) is 0. The summed E-state index contributed by atoms with van der Waals surface area (Å²) in [5.74, 6) is -3.03. The third kappa shape index (κ3) is 2.32. The molecule has 0 fully saturated rings. The van der Waals surface area contributed by atoms with E-state index in [0.717, 1.165) is 22.7 Å². The first-order chi connectivity index (χ1) is 9.63. The highest BCUT2D eigenvalue weighted by atomic mass is 19.2. The molecule has 0 unspecified atom stereocenters. The van der Waals surface area contributed by atoms with E-state index in [0.29, 0.717) is 6.07 Å². The number of H-pyrrole nitrogens is 1. The zero-order chi connectivity index (χ0) is 14.1. The highest BCUT2D eigenvalue weighted by Crippen LogP contribution is 2.19. The maximum Gasteiger partial charge on any atom is 0.161 e. The van der Waals surface area contributed by atoms with E-state index in [-0.39, 0.29) is 12.1 Å². The van der Waals surface area contributed by atoms with Crippen molar-refractivity contribution in [2.45, 2.75) is 6.54 Å². The second-order valence-corrected chi connectivity index (χ2v) is 4.38. The van der Waals surface area contributed by atoms with Crippen molar-refractivity contribution in [2.75, 3.05) is 5.32 Å². The molecule has 0 bridgehead atoms. The largest absolute Gasteiger partial charge is 0.381 e. The zero-order valence-corrected chi connectivity index (χ0v) is 10.3. The molecule has 20 heavy (non-hydrogen) atoms. The van der Waals surface area contributed by atoms with Crippen LogP contribution in [0.4, 0.5) is 18.9 Å². The van der Waals surface area contributed by atoms with Crippen LogP contribution in [0.25, 0.3) is 10.9 Å². The van der Waals surface area contributed by atoms with Gasteiger partial charge in [-0.1, -0.05) is 0 Å². The van der Waals surface area contributed by atoms with Crippen LogP contribution in [0.1, 0.15) is 5.56 Å². The van der Waals surface area contributed by atoms with E-state index in [9.17, 15) is 13.2 Å². The van der Waals surface area contributed by atoms with Crippen molar-refractivity contribution in [3.8, 4) is 0 Å². The quantitative estimate of drug-likeness (QED) is 0.718. The number of nitrogens with one attached hydrogen (secondary N) is 2. The van der Waals surface area contributed by atoms with Crippen LogP contribution in [0.2, 0.25) is 0 Å². The fraction of sp³-hybridized carbons (Fsp3) is 0.0714. The molecule has 1 aromatic heterocycles. The number of halogens is 3. The lowest BCUT2D eigenvalue weighted by Gasteiger charge is -2.08. The van der Waals surface area contributed by atoms with Crippen LogP contribution >= 0.6 is 0 Å². The molecule has 0 radical (unpaired) electrons. The Morgan fingerprint density at radius 1 is 1.00 bits per heavy atom. The Hall–Kier alpha value is -2.50. The minimum absolute atomic E-state index is 0.0582. The number of benzene rings is 2. The summed E-state index contributed by atoms with van der Waals surface area (Å²) in [6.45, 7) is 0.0582. The highest BCUT2D eigenvalue weighted by Gasteiger charge is 2.09. The fourth-order valence-electron chi connectivity index (χ4n) is 1.94. The zero-order valence-electron chi connectivity index (χ0n) is 10.3. The van der Waals surface area contributed by atoms with Crippen molar-refractivity contribution in [3.63, 3.8) is 0 Å². The molecule has 2 N–H and O–H groups in total. The molecule has 0 amide bonds.